The molecule has 0 bridgehead atoms. The Morgan fingerprint density at radius 2 is 1.51 bits per heavy atom. The van der Waals surface area contributed by atoms with E-state index in [1.54, 1.807) is 0 Å². The van der Waals surface area contributed by atoms with E-state index >= 15 is 0 Å². The molecule has 4 saturated carbocycles. The molecule has 4 aliphatic carbocycles. The molecule has 0 heterocycles. The van der Waals surface area contributed by atoms with Gasteiger partial charge in [0.2, 0.25) is 0 Å². The molecule has 0 amide bonds. The standard InChI is InChI=1S/C42H66O5/c1-5-6-7-8-9-10-11-12-13-14-15-16-17-18-19-20-40(46)47-33-27-28-41(3)32(29-33)22-23-34-36-25-24-35(31(2)21-26-39(44)45)42(36,4)38(43)30-37(34)41/h6-7,9-10,12-13,15-16,31-38,43H,5,8,11,14,17-30H2,1-4H3,(H,44,45)/b7-6-,10-9-,13-12-,16-15-. The fourth-order valence-corrected chi connectivity index (χ4v) is 10.7. The summed E-state index contributed by atoms with van der Waals surface area (Å²) in [5.74, 6) is 2.22. The van der Waals surface area contributed by atoms with Crippen LogP contribution in [-0.2, 0) is 14.3 Å². The minimum atomic E-state index is -0.717. The number of esters is 1. The Labute approximate surface area is 286 Å². The smallest absolute Gasteiger partial charge is 0.306 e. The van der Waals surface area contributed by atoms with Crippen LogP contribution in [0.1, 0.15) is 143 Å². The van der Waals surface area contributed by atoms with Gasteiger partial charge < -0.3 is 14.9 Å². The first-order chi connectivity index (χ1) is 22.6. The summed E-state index contributed by atoms with van der Waals surface area (Å²) >= 11 is 0. The van der Waals surface area contributed by atoms with Crippen molar-refractivity contribution in [2.75, 3.05) is 0 Å². The highest BCUT2D eigenvalue weighted by Crippen LogP contribution is 2.68. The van der Waals surface area contributed by atoms with Crippen LogP contribution in [0.15, 0.2) is 48.6 Å². The van der Waals surface area contributed by atoms with Crippen molar-refractivity contribution < 1.29 is 24.5 Å². The number of carboxylic acid groups (broad SMARTS) is 1. The second kappa shape index (κ2) is 18.0. The van der Waals surface area contributed by atoms with Crippen molar-refractivity contribution in [1.82, 2.24) is 0 Å². The van der Waals surface area contributed by atoms with Gasteiger partial charge in [-0.3, -0.25) is 9.59 Å². The van der Waals surface area contributed by atoms with Crippen LogP contribution in [0, 0.1) is 46.3 Å². The maximum atomic E-state index is 12.8. The van der Waals surface area contributed by atoms with Gasteiger partial charge >= 0.3 is 11.9 Å². The monoisotopic (exact) mass is 650 g/mol. The Kier molecular flexibility index (Phi) is 14.4. The van der Waals surface area contributed by atoms with E-state index in [4.69, 9.17) is 4.74 Å². The lowest BCUT2D eigenvalue weighted by atomic mass is 9.43. The number of unbranched alkanes of at least 4 members (excludes halogenated alkanes) is 2. The van der Waals surface area contributed by atoms with Gasteiger partial charge in [-0.05, 0) is 149 Å². The van der Waals surface area contributed by atoms with Crippen molar-refractivity contribution >= 4 is 11.9 Å². The molecule has 0 saturated heterocycles. The average Bonchev–Trinajstić information content (AvgIpc) is 3.41. The van der Waals surface area contributed by atoms with Crippen LogP contribution in [0.25, 0.3) is 0 Å². The number of hydrogen-bond donors (Lipinski definition) is 2. The highest BCUT2D eigenvalue weighted by molar-refractivity contribution is 5.69. The molecular formula is C42H66O5. The van der Waals surface area contributed by atoms with Gasteiger partial charge in [-0.15, -0.1) is 0 Å². The quantitative estimate of drug-likeness (QED) is 0.0930. The summed E-state index contributed by atoms with van der Waals surface area (Å²) in [6, 6.07) is 0. The van der Waals surface area contributed by atoms with Crippen LogP contribution in [-0.4, -0.2) is 34.4 Å². The van der Waals surface area contributed by atoms with E-state index in [9.17, 15) is 19.8 Å². The zero-order chi connectivity index (χ0) is 33.9. The lowest BCUT2D eigenvalue weighted by molar-refractivity contribution is -0.181. The number of rotatable bonds is 17. The van der Waals surface area contributed by atoms with Crippen LogP contribution in [0.2, 0.25) is 0 Å². The first-order valence-electron chi connectivity index (χ1n) is 19.3. The van der Waals surface area contributed by atoms with Crippen molar-refractivity contribution in [2.24, 2.45) is 46.3 Å². The Morgan fingerprint density at radius 3 is 2.19 bits per heavy atom. The minimum absolute atomic E-state index is 0.0321. The topological polar surface area (TPSA) is 83.8 Å². The van der Waals surface area contributed by atoms with Crippen LogP contribution < -0.4 is 0 Å². The molecule has 2 N–H and O–H groups in total. The summed E-state index contributed by atoms with van der Waals surface area (Å²) in [5.41, 5.74) is 0.0934. The summed E-state index contributed by atoms with van der Waals surface area (Å²) in [4.78, 5) is 24.0. The first-order valence-corrected chi connectivity index (χ1v) is 19.3. The van der Waals surface area contributed by atoms with Crippen molar-refractivity contribution in [2.45, 2.75) is 155 Å². The fraction of sp³-hybridized carbons (Fsp3) is 0.762. The van der Waals surface area contributed by atoms with E-state index in [0.717, 1.165) is 77.0 Å². The van der Waals surface area contributed by atoms with Gasteiger partial charge in [0.25, 0.3) is 0 Å². The molecule has 0 aliphatic heterocycles. The van der Waals surface area contributed by atoms with Crippen LogP contribution in [0.5, 0.6) is 0 Å². The molecule has 0 aromatic rings. The largest absolute Gasteiger partial charge is 0.481 e. The number of hydrogen-bond acceptors (Lipinski definition) is 4. The Balaban J connectivity index is 1.16. The molecule has 10 atom stereocenters. The molecule has 0 radical (unpaired) electrons. The number of ether oxygens (including phenoxy) is 1. The van der Waals surface area contributed by atoms with E-state index in [2.05, 4.69) is 76.3 Å². The van der Waals surface area contributed by atoms with Gasteiger partial charge in [-0.1, -0.05) is 76.3 Å². The number of allylic oxidation sites excluding steroid dienone is 8. The predicted molar refractivity (Wildman–Crippen MR) is 192 cm³/mol. The highest BCUT2D eigenvalue weighted by Gasteiger charge is 2.63. The SMILES string of the molecule is CC/C=C\C/C=C\C/C=C\C/C=C\CCCCC(=O)OC1CCC2(C)C(CCC3C2CC(O)C2(C)C(C(C)CCC(=O)O)CCC32)C1. The van der Waals surface area contributed by atoms with Crippen LogP contribution >= 0.6 is 0 Å². The van der Waals surface area contributed by atoms with Crippen molar-refractivity contribution in [1.29, 1.82) is 0 Å². The van der Waals surface area contributed by atoms with Gasteiger partial charge in [0, 0.05) is 12.8 Å². The maximum Gasteiger partial charge on any atom is 0.306 e. The number of aliphatic carboxylic acids is 1. The first kappa shape index (κ1) is 37.7. The lowest BCUT2D eigenvalue weighted by Gasteiger charge is -2.62. The molecular weight excluding hydrogens is 584 g/mol. The maximum absolute atomic E-state index is 12.8. The van der Waals surface area contributed by atoms with E-state index in [1.807, 2.05) is 0 Å². The Morgan fingerprint density at radius 1 is 0.830 bits per heavy atom. The van der Waals surface area contributed by atoms with Crippen LogP contribution in [0.3, 0.4) is 0 Å². The predicted octanol–water partition coefficient (Wildman–Crippen LogP) is 10.4. The molecule has 4 rings (SSSR count). The van der Waals surface area contributed by atoms with Gasteiger partial charge in [0.1, 0.15) is 6.10 Å². The number of aliphatic hydroxyl groups is 1. The van der Waals surface area contributed by atoms with Gasteiger partial charge in [0.15, 0.2) is 0 Å². The third-order valence-electron chi connectivity index (χ3n) is 13.3. The molecule has 4 fully saturated rings. The molecule has 5 heteroatoms. The zero-order valence-electron chi connectivity index (χ0n) is 30.1. The molecule has 10 unspecified atom stereocenters. The third kappa shape index (κ3) is 9.52. The number of carboxylic acids is 1. The Hall–Kier alpha value is -2.14. The molecule has 5 nitrogen and oxygen atoms in total. The number of carbonyl (C=O) groups is 2. The molecule has 47 heavy (non-hydrogen) atoms. The molecule has 4 aliphatic rings. The highest BCUT2D eigenvalue weighted by atomic mass is 16.5. The third-order valence-corrected chi connectivity index (χ3v) is 13.3. The molecule has 0 aromatic carbocycles. The van der Waals surface area contributed by atoms with E-state index in [0.29, 0.717) is 48.3 Å². The summed E-state index contributed by atoms with van der Waals surface area (Å²) < 4.78 is 6.06. The summed E-state index contributed by atoms with van der Waals surface area (Å²) in [6.45, 7) is 9.19. The summed E-state index contributed by atoms with van der Waals surface area (Å²) in [7, 11) is 0. The van der Waals surface area contributed by atoms with Gasteiger partial charge in [0.05, 0.1) is 6.10 Å². The van der Waals surface area contributed by atoms with Gasteiger partial charge in [-0.2, -0.15) is 0 Å². The van der Waals surface area contributed by atoms with E-state index in [1.165, 1.54) is 19.3 Å². The molecule has 0 spiro atoms. The Bertz CT molecular complexity index is 1120. The second-order valence-electron chi connectivity index (χ2n) is 16.0. The second-order valence-corrected chi connectivity index (χ2v) is 16.0. The summed E-state index contributed by atoms with van der Waals surface area (Å²) in [5, 5.41) is 21.0. The van der Waals surface area contributed by atoms with Crippen molar-refractivity contribution in [3.8, 4) is 0 Å². The van der Waals surface area contributed by atoms with Crippen molar-refractivity contribution in [3.05, 3.63) is 48.6 Å². The van der Waals surface area contributed by atoms with Crippen molar-refractivity contribution in [3.63, 3.8) is 0 Å². The van der Waals surface area contributed by atoms with E-state index in [-0.39, 0.29) is 35.4 Å². The number of carbonyl (C=O) groups excluding carboxylic acids is 1. The molecule has 0 aromatic heterocycles. The number of aliphatic hydroxyl groups excluding tert-OH is 1. The normalized spacial score (nSPS) is 36.1. The molecule has 264 valence electrons. The minimum Gasteiger partial charge on any atom is -0.481 e. The van der Waals surface area contributed by atoms with Crippen LogP contribution in [0.4, 0.5) is 0 Å². The number of fused-ring (bicyclic) bond motifs is 5. The average molecular weight is 651 g/mol. The summed E-state index contributed by atoms with van der Waals surface area (Å²) in [6.07, 6.45) is 34.4. The van der Waals surface area contributed by atoms with E-state index < -0.39 is 5.97 Å². The fourth-order valence-electron chi connectivity index (χ4n) is 10.7. The lowest BCUT2D eigenvalue weighted by Crippen LogP contribution is -2.59. The van der Waals surface area contributed by atoms with Gasteiger partial charge in [-0.25, -0.2) is 0 Å². The zero-order valence-corrected chi connectivity index (χ0v) is 30.1.